The van der Waals surface area contributed by atoms with Crippen LogP contribution in [0.25, 0.3) is 4.96 Å². The highest BCUT2D eigenvalue weighted by atomic mass is 32.1. The predicted molar refractivity (Wildman–Crippen MR) is 121 cm³/mol. The molecule has 1 amide bonds. The number of carbonyl (C=O) groups excluding carboxylic acids is 1. The van der Waals surface area contributed by atoms with Gasteiger partial charge in [-0.2, -0.15) is 4.52 Å². The highest BCUT2D eigenvalue weighted by Crippen LogP contribution is 2.26. The van der Waals surface area contributed by atoms with Gasteiger partial charge < -0.3 is 15.0 Å². The standard InChI is InChI=1S/C22H27N5O3S/c1-14(2)30-17-8-6-16(7-9-17)11-23-19(28)18-12-24-21-27(20(18)29)25-22(31-21)26-10-4-5-15(3)13-26/h6-9,12,14-15H,4-5,10-11,13H2,1-3H3,(H,23,28)/t15-/m1/s1. The second-order valence-electron chi connectivity index (χ2n) is 8.24. The van der Waals surface area contributed by atoms with Crippen LogP contribution in [-0.2, 0) is 6.54 Å². The average molecular weight is 442 g/mol. The van der Waals surface area contributed by atoms with Crippen molar-refractivity contribution < 1.29 is 9.53 Å². The molecule has 1 N–H and O–H groups in total. The summed E-state index contributed by atoms with van der Waals surface area (Å²) < 4.78 is 6.87. The van der Waals surface area contributed by atoms with Crippen LogP contribution in [0.2, 0.25) is 0 Å². The lowest BCUT2D eigenvalue weighted by Crippen LogP contribution is -2.34. The fourth-order valence-electron chi connectivity index (χ4n) is 3.66. The molecule has 9 heteroatoms. The summed E-state index contributed by atoms with van der Waals surface area (Å²) in [6.45, 7) is 8.30. The number of aromatic nitrogens is 3. The van der Waals surface area contributed by atoms with Gasteiger partial charge >= 0.3 is 0 Å². The minimum Gasteiger partial charge on any atom is -0.491 e. The number of benzene rings is 1. The maximum absolute atomic E-state index is 12.9. The summed E-state index contributed by atoms with van der Waals surface area (Å²) in [4.78, 5) is 32.5. The van der Waals surface area contributed by atoms with E-state index in [0.717, 1.165) is 36.0 Å². The molecule has 31 heavy (non-hydrogen) atoms. The van der Waals surface area contributed by atoms with E-state index in [9.17, 15) is 9.59 Å². The van der Waals surface area contributed by atoms with Crippen LogP contribution in [0.15, 0.2) is 35.3 Å². The molecule has 0 radical (unpaired) electrons. The fraction of sp³-hybridized carbons (Fsp3) is 0.455. The smallest absolute Gasteiger partial charge is 0.288 e. The van der Waals surface area contributed by atoms with Gasteiger partial charge in [0.05, 0.1) is 6.10 Å². The first-order chi connectivity index (χ1) is 14.9. The maximum atomic E-state index is 12.9. The van der Waals surface area contributed by atoms with Crippen LogP contribution in [0, 0.1) is 5.92 Å². The number of piperidine rings is 1. The van der Waals surface area contributed by atoms with Crippen LogP contribution in [0.3, 0.4) is 0 Å². The molecule has 3 aromatic rings. The number of nitrogens with one attached hydrogen (secondary N) is 1. The summed E-state index contributed by atoms with van der Waals surface area (Å²) in [5, 5.41) is 8.02. The number of ether oxygens (including phenoxy) is 1. The summed E-state index contributed by atoms with van der Waals surface area (Å²) >= 11 is 1.38. The van der Waals surface area contributed by atoms with E-state index >= 15 is 0 Å². The highest BCUT2D eigenvalue weighted by Gasteiger charge is 2.22. The Morgan fingerprint density at radius 2 is 2.10 bits per heavy atom. The number of fused-ring (bicyclic) bond motifs is 1. The minimum atomic E-state index is -0.462. The lowest BCUT2D eigenvalue weighted by molar-refractivity contribution is 0.0948. The Labute approximate surface area is 184 Å². The van der Waals surface area contributed by atoms with Crippen molar-refractivity contribution in [3.8, 4) is 5.75 Å². The van der Waals surface area contributed by atoms with Crippen molar-refractivity contribution >= 4 is 27.3 Å². The largest absolute Gasteiger partial charge is 0.491 e. The Morgan fingerprint density at radius 1 is 1.32 bits per heavy atom. The monoisotopic (exact) mass is 441 g/mol. The van der Waals surface area contributed by atoms with Crippen LogP contribution < -0.4 is 20.5 Å². The van der Waals surface area contributed by atoms with Crippen molar-refractivity contribution in [1.82, 2.24) is 19.9 Å². The summed E-state index contributed by atoms with van der Waals surface area (Å²) in [6.07, 6.45) is 3.76. The van der Waals surface area contributed by atoms with Crippen molar-refractivity contribution in [2.24, 2.45) is 5.92 Å². The second kappa shape index (κ2) is 9.05. The average Bonchev–Trinajstić information content (AvgIpc) is 3.18. The van der Waals surface area contributed by atoms with Crippen LogP contribution in [0.4, 0.5) is 5.13 Å². The van der Waals surface area contributed by atoms with Crippen molar-refractivity contribution in [2.45, 2.75) is 46.3 Å². The first kappa shape index (κ1) is 21.3. The van der Waals surface area contributed by atoms with Crippen LogP contribution >= 0.6 is 11.3 Å². The highest BCUT2D eigenvalue weighted by molar-refractivity contribution is 7.20. The van der Waals surface area contributed by atoms with Crippen LogP contribution in [-0.4, -0.2) is 39.7 Å². The minimum absolute atomic E-state index is 0.0128. The molecule has 2 aromatic heterocycles. The predicted octanol–water partition coefficient (Wildman–Crippen LogP) is 3.10. The zero-order valence-electron chi connectivity index (χ0n) is 18.0. The quantitative estimate of drug-likeness (QED) is 0.632. The summed E-state index contributed by atoms with van der Waals surface area (Å²) in [5.74, 6) is 0.911. The molecular formula is C22H27N5O3S. The van der Waals surface area contributed by atoms with Crippen molar-refractivity contribution in [1.29, 1.82) is 0 Å². The first-order valence-corrected chi connectivity index (χ1v) is 11.4. The molecule has 1 aromatic carbocycles. The first-order valence-electron chi connectivity index (χ1n) is 10.6. The van der Waals surface area contributed by atoms with Crippen molar-refractivity contribution in [2.75, 3.05) is 18.0 Å². The summed E-state index contributed by atoms with van der Waals surface area (Å²) in [5.41, 5.74) is 0.450. The maximum Gasteiger partial charge on any atom is 0.288 e. The molecule has 0 spiro atoms. The number of carbonyl (C=O) groups is 1. The fourth-order valence-corrected chi connectivity index (χ4v) is 4.55. The van der Waals surface area contributed by atoms with Gasteiger partial charge in [0.1, 0.15) is 11.3 Å². The van der Waals surface area contributed by atoms with Gasteiger partial charge in [0.25, 0.3) is 11.5 Å². The zero-order valence-corrected chi connectivity index (χ0v) is 18.8. The molecule has 8 nitrogen and oxygen atoms in total. The molecule has 0 bridgehead atoms. The third kappa shape index (κ3) is 4.87. The van der Waals surface area contributed by atoms with Gasteiger partial charge in [-0.1, -0.05) is 30.4 Å². The Morgan fingerprint density at radius 3 is 2.81 bits per heavy atom. The van der Waals surface area contributed by atoms with Crippen LogP contribution in [0.1, 0.15) is 49.5 Å². The Kier molecular flexibility index (Phi) is 6.22. The normalized spacial score (nSPS) is 16.6. The number of nitrogens with zero attached hydrogens (tertiary/aromatic N) is 4. The molecule has 0 unspecified atom stereocenters. The summed E-state index contributed by atoms with van der Waals surface area (Å²) in [6, 6.07) is 7.50. The summed E-state index contributed by atoms with van der Waals surface area (Å²) in [7, 11) is 0. The number of anilines is 1. The number of rotatable bonds is 6. The second-order valence-corrected chi connectivity index (χ2v) is 9.18. The zero-order chi connectivity index (χ0) is 22.0. The van der Waals surface area contributed by atoms with Crippen LogP contribution in [0.5, 0.6) is 5.75 Å². The molecule has 1 aliphatic heterocycles. The van der Waals surface area contributed by atoms with E-state index in [1.54, 1.807) is 0 Å². The molecule has 0 saturated carbocycles. The van der Waals surface area contributed by atoms with E-state index in [2.05, 4.69) is 27.2 Å². The van der Waals surface area contributed by atoms with Gasteiger partial charge in [-0.15, -0.1) is 5.10 Å². The molecule has 1 aliphatic rings. The lowest BCUT2D eigenvalue weighted by atomic mass is 10.0. The van der Waals surface area contributed by atoms with Crippen molar-refractivity contribution in [3.05, 3.63) is 51.9 Å². The van der Waals surface area contributed by atoms with Gasteiger partial charge in [0, 0.05) is 25.8 Å². The van der Waals surface area contributed by atoms with E-state index in [4.69, 9.17) is 4.74 Å². The van der Waals surface area contributed by atoms with Gasteiger partial charge in [-0.05, 0) is 50.3 Å². The van der Waals surface area contributed by atoms with Gasteiger partial charge in [0.2, 0.25) is 10.1 Å². The molecule has 164 valence electrons. The van der Waals surface area contributed by atoms with E-state index in [1.807, 2.05) is 38.1 Å². The van der Waals surface area contributed by atoms with E-state index in [1.165, 1.54) is 28.5 Å². The van der Waals surface area contributed by atoms with Gasteiger partial charge in [0.15, 0.2) is 0 Å². The third-order valence-corrected chi connectivity index (χ3v) is 6.18. The van der Waals surface area contributed by atoms with E-state index < -0.39 is 11.5 Å². The van der Waals surface area contributed by atoms with Crippen molar-refractivity contribution in [3.63, 3.8) is 0 Å². The molecule has 0 aliphatic carbocycles. The van der Waals surface area contributed by atoms with Gasteiger partial charge in [-0.3, -0.25) is 9.59 Å². The molecular weight excluding hydrogens is 414 g/mol. The Bertz CT molecular complexity index is 1120. The molecule has 3 heterocycles. The Hall–Kier alpha value is -2.94. The SMILES string of the molecule is CC(C)Oc1ccc(CNC(=O)c2cnc3sc(N4CCC[C@@H](C)C4)nn3c2=O)cc1. The van der Waals surface area contributed by atoms with E-state index in [-0.39, 0.29) is 11.7 Å². The van der Waals surface area contributed by atoms with Gasteiger partial charge in [-0.25, -0.2) is 4.98 Å². The lowest BCUT2D eigenvalue weighted by Gasteiger charge is -2.30. The number of amides is 1. The number of hydrogen-bond donors (Lipinski definition) is 1. The Balaban J connectivity index is 1.46. The molecule has 4 rings (SSSR count). The molecule has 1 fully saturated rings. The topological polar surface area (TPSA) is 88.8 Å². The third-order valence-electron chi connectivity index (χ3n) is 5.20. The molecule has 1 atom stereocenters. The molecule has 1 saturated heterocycles. The number of hydrogen-bond acceptors (Lipinski definition) is 7. The van der Waals surface area contributed by atoms with E-state index in [0.29, 0.717) is 17.4 Å².